The van der Waals surface area contributed by atoms with Crippen molar-refractivity contribution in [3.63, 3.8) is 0 Å². The first-order valence-corrected chi connectivity index (χ1v) is 6.74. The summed E-state index contributed by atoms with van der Waals surface area (Å²) in [5.74, 6) is 0. The Balaban J connectivity index is 1.88. The quantitative estimate of drug-likeness (QED) is 0.625. The molecule has 0 saturated carbocycles. The Bertz CT molecular complexity index is 677. The SMILES string of the molecule is C/C(Cn1nc(C)cc1C)=N\OCc1ccc(C#N)cc1. The number of hydrogen-bond donors (Lipinski definition) is 0. The van der Waals surface area contributed by atoms with Gasteiger partial charge in [0.05, 0.1) is 29.6 Å². The second-order valence-corrected chi connectivity index (χ2v) is 4.99. The molecule has 21 heavy (non-hydrogen) atoms. The lowest BCUT2D eigenvalue weighted by molar-refractivity contribution is 0.129. The fourth-order valence-corrected chi connectivity index (χ4v) is 1.97. The summed E-state index contributed by atoms with van der Waals surface area (Å²) in [5.41, 5.74) is 4.59. The van der Waals surface area contributed by atoms with Gasteiger partial charge >= 0.3 is 0 Å². The maximum atomic E-state index is 8.73. The molecule has 2 rings (SSSR count). The van der Waals surface area contributed by atoms with E-state index in [1.807, 2.05) is 43.7 Å². The number of oxime groups is 1. The van der Waals surface area contributed by atoms with Crippen LogP contribution in [0.2, 0.25) is 0 Å². The number of rotatable bonds is 5. The van der Waals surface area contributed by atoms with Gasteiger partial charge in [-0.25, -0.2) is 0 Å². The van der Waals surface area contributed by atoms with Crippen molar-refractivity contribution in [1.29, 1.82) is 5.26 Å². The van der Waals surface area contributed by atoms with E-state index in [2.05, 4.69) is 16.3 Å². The molecule has 2 aromatic rings. The second kappa shape index (κ2) is 6.71. The van der Waals surface area contributed by atoms with Crippen molar-refractivity contribution >= 4 is 5.71 Å². The van der Waals surface area contributed by atoms with E-state index in [-0.39, 0.29) is 0 Å². The molecule has 0 fully saturated rings. The Kier molecular flexibility index (Phi) is 4.72. The minimum Gasteiger partial charge on any atom is -0.391 e. The predicted molar refractivity (Wildman–Crippen MR) is 80.8 cm³/mol. The normalized spacial score (nSPS) is 11.2. The molecule has 0 atom stereocenters. The van der Waals surface area contributed by atoms with Crippen molar-refractivity contribution in [1.82, 2.24) is 9.78 Å². The molecular formula is C16H18N4O. The van der Waals surface area contributed by atoms with Gasteiger partial charge in [0.15, 0.2) is 0 Å². The van der Waals surface area contributed by atoms with Crippen LogP contribution in [0.4, 0.5) is 0 Å². The average molecular weight is 282 g/mol. The Hall–Kier alpha value is -2.61. The number of nitrogens with zero attached hydrogens (tertiary/aromatic N) is 4. The topological polar surface area (TPSA) is 63.2 Å². The summed E-state index contributed by atoms with van der Waals surface area (Å²) in [6.45, 7) is 6.91. The average Bonchev–Trinajstić information content (AvgIpc) is 2.77. The zero-order valence-corrected chi connectivity index (χ0v) is 12.5. The monoisotopic (exact) mass is 282 g/mol. The summed E-state index contributed by atoms with van der Waals surface area (Å²) in [6.07, 6.45) is 0. The van der Waals surface area contributed by atoms with Gasteiger partial charge < -0.3 is 4.84 Å². The summed E-state index contributed by atoms with van der Waals surface area (Å²) < 4.78 is 1.90. The molecule has 0 N–H and O–H groups in total. The summed E-state index contributed by atoms with van der Waals surface area (Å²) in [6, 6.07) is 11.4. The van der Waals surface area contributed by atoms with E-state index >= 15 is 0 Å². The second-order valence-electron chi connectivity index (χ2n) is 4.99. The zero-order chi connectivity index (χ0) is 15.2. The minimum absolute atomic E-state index is 0.389. The van der Waals surface area contributed by atoms with Gasteiger partial charge in [-0.05, 0) is 44.5 Å². The third kappa shape index (κ3) is 4.18. The Morgan fingerprint density at radius 3 is 2.62 bits per heavy atom. The number of aryl methyl sites for hydroxylation is 2. The molecule has 0 aliphatic carbocycles. The van der Waals surface area contributed by atoms with Crippen LogP contribution in [-0.4, -0.2) is 15.5 Å². The van der Waals surface area contributed by atoms with Gasteiger partial charge in [0, 0.05) is 5.69 Å². The molecule has 0 radical (unpaired) electrons. The van der Waals surface area contributed by atoms with E-state index in [9.17, 15) is 0 Å². The van der Waals surface area contributed by atoms with E-state index in [0.29, 0.717) is 18.7 Å². The van der Waals surface area contributed by atoms with Crippen molar-refractivity contribution in [3.05, 3.63) is 52.8 Å². The third-order valence-corrected chi connectivity index (χ3v) is 3.02. The van der Waals surface area contributed by atoms with Crippen LogP contribution >= 0.6 is 0 Å². The summed E-state index contributed by atoms with van der Waals surface area (Å²) in [7, 11) is 0. The molecule has 108 valence electrons. The van der Waals surface area contributed by atoms with Crippen LogP contribution in [0.3, 0.4) is 0 Å². The number of hydrogen-bond acceptors (Lipinski definition) is 4. The van der Waals surface area contributed by atoms with Gasteiger partial charge in [-0.2, -0.15) is 10.4 Å². The smallest absolute Gasteiger partial charge is 0.142 e. The fourth-order valence-electron chi connectivity index (χ4n) is 1.97. The highest BCUT2D eigenvalue weighted by atomic mass is 16.6. The van der Waals surface area contributed by atoms with Crippen molar-refractivity contribution in [2.45, 2.75) is 33.9 Å². The molecule has 0 saturated heterocycles. The van der Waals surface area contributed by atoms with Crippen molar-refractivity contribution in [2.24, 2.45) is 5.16 Å². The van der Waals surface area contributed by atoms with Crippen LogP contribution in [0.25, 0.3) is 0 Å². The summed E-state index contributed by atoms with van der Waals surface area (Å²) in [5, 5.41) is 17.2. The van der Waals surface area contributed by atoms with E-state index in [1.54, 1.807) is 12.1 Å². The molecule has 5 heteroatoms. The van der Waals surface area contributed by atoms with E-state index in [4.69, 9.17) is 10.1 Å². The van der Waals surface area contributed by atoms with Gasteiger partial charge in [-0.1, -0.05) is 17.3 Å². The van der Waals surface area contributed by atoms with Crippen LogP contribution in [-0.2, 0) is 18.0 Å². The highest BCUT2D eigenvalue weighted by Crippen LogP contribution is 2.06. The predicted octanol–water partition coefficient (Wildman–Crippen LogP) is 2.96. The lowest BCUT2D eigenvalue weighted by Gasteiger charge is -2.05. The third-order valence-electron chi connectivity index (χ3n) is 3.02. The lowest BCUT2D eigenvalue weighted by atomic mass is 10.2. The maximum absolute atomic E-state index is 8.73. The van der Waals surface area contributed by atoms with E-state index in [1.165, 1.54) is 0 Å². The summed E-state index contributed by atoms with van der Waals surface area (Å²) in [4.78, 5) is 5.34. The van der Waals surface area contributed by atoms with Crippen LogP contribution in [0.5, 0.6) is 0 Å². The first kappa shape index (κ1) is 14.8. The molecule has 0 aliphatic heterocycles. The van der Waals surface area contributed by atoms with E-state index < -0.39 is 0 Å². The fraction of sp³-hybridized carbons (Fsp3) is 0.312. The highest BCUT2D eigenvalue weighted by molar-refractivity contribution is 5.81. The Labute approximate surface area is 124 Å². The molecule has 0 amide bonds. The van der Waals surface area contributed by atoms with Gasteiger partial charge in [0.1, 0.15) is 6.61 Å². The van der Waals surface area contributed by atoms with Crippen LogP contribution in [0.1, 0.15) is 29.4 Å². The van der Waals surface area contributed by atoms with Crippen molar-refractivity contribution in [3.8, 4) is 6.07 Å². The molecule has 1 heterocycles. The molecule has 1 aromatic heterocycles. The molecule has 0 bridgehead atoms. The van der Waals surface area contributed by atoms with Crippen LogP contribution in [0, 0.1) is 25.2 Å². The molecule has 1 aromatic carbocycles. The van der Waals surface area contributed by atoms with Crippen LogP contribution < -0.4 is 0 Å². The van der Waals surface area contributed by atoms with E-state index in [0.717, 1.165) is 22.7 Å². The largest absolute Gasteiger partial charge is 0.391 e. The number of benzene rings is 1. The highest BCUT2D eigenvalue weighted by Gasteiger charge is 2.02. The van der Waals surface area contributed by atoms with Gasteiger partial charge in [-0.15, -0.1) is 0 Å². The number of nitriles is 1. The number of aromatic nitrogens is 2. The Morgan fingerprint density at radius 2 is 2.05 bits per heavy atom. The first-order valence-electron chi connectivity index (χ1n) is 6.74. The van der Waals surface area contributed by atoms with Crippen LogP contribution in [0.15, 0.2) is 35.5 Å². The summed E-state index contributed by atoms with van der Waals surface area (Å²) >= 11 is 0. The lowest BCUT2D eigenvalue weighted by Crippen LogP contribution is -2.10. The van der Waals surface area contributed by atoms with Gasteiger partial charge in [-0.3, -0.25) is 4.68 Å². The van der Waals surface area contributed by atoms with Gasteiger partial charge in [0.25, 0.3) is 0 Å². The molecule has 0 aliphatic rings. The molecule has 5 nitrogen and oxygen atoms in total. The van der Waals surface area contributed by atoms with Crippen molar-refractivity contribution < 1.29 is 4.84 Å². The molecule has 0 unspecified atom stereocenters. The standard InChI is InChI=1S/C16H18N4O/c1-12-8-14(3)20(18-12)10-13(2)19-21-11-16-6-4-15(9-17)5-7-16/h4-8H,10-11H2,1-3H3/b19-13+. The molecular weight excluding hydrogens is 264 g/mol. The Morgan fingerprint density at radius 1 is 1.33 bits per heavy atom. The van der Waals surface area contributed by atoms with Gasteiger partial charge in [0.2, 0.25) is 0 Å². The first-order chi connectivity index (χ1) is 10.1. The molecule has 0 spiro atoms. The minimum atomic E-state index is 0.389. The van der Waals surface area contributed by atoms with Crippen molar-refractivity contribution in [2.75, 3.05) is 0 Å². The maximum Gasteiger partial charge on any atom is 0.142 e. The zero-order valence-electron chi connectivity index (χ0n) is 12.5.